The van der Waals surface area contributed by atoms with Crippen LogP contribution in [0, 0.1) is 11.3 Å². The van der Waals surface area contributed by atoms with Gasteiger partial charge in [0.15, 0.2) is 0 Å². The molecule has 0 fully saturated rings. The minimum absolute atomic E-state index is 0.650. The summed E-state index contributed by atoms with van der Waals surface area (Å²) in [5.41, 5.74) is 7.25. The van der Waals surface area contributed by atoms with Crippen molar-refractivity contribution >= 4 is 79.7 Å². The van der Waals surface area contributed by atoms with Gasteiger partial charge in [-0.05, 0) is 94.3 Å². The van der Waals surface area contributed by atoms with Crippen molar-refractivity contribution in [2.45, 2.75) is 19.6 Å². The lowest BCUT2D eigenvalue weighted by Gasteiger charge is -2.29. The summed E-state index contributed by atoms with van der Waals surface area (Å²) in [6, 6.07) is 58.6. The van der Waals surface area contributed by atoms with E-state index >= 15 is 0 Å². The van der Waals surface area contributed by atoms with Crippen LogP contribution in [0.1, 0.15) is 5.56 Å². The van der Waals surface area contributed by atoms with Crippen LogP contribution in [0.5, 0.6) is 0 Å². The number of nitrogens with zero attached hydrogens (tertiary/aromatic N) is 3. The van der Waals surface area contributed by atoms with Crippen LogP contribution in [-0.2, 0) is 0 Å². The lowest BCUT2D eigenvalue weighted by atomic mass is 9.91. The molecule has 0 saturated carbocycles. The summed E-state index contributed by atoms with van der Waals surface area (Å²) in [6.45, 7) is 7.14. The van der Waals surface area contributed by atoms with E-state index in [1.165, 1.54) is 37.5 Å². The molecule has 0 aliphatic rings. The Morgan fingerprint density at radius 3 is 1.25 bits per heavy atom. The van der Waals surface area contributed by atoms with Gasteiger partial charge in [0.1, 0.15) is 0 Å². The minimum atomic E-state index is -1.47. The van der Waals surface area contributed by atoms with Gasteiger partial charge < -0.3 is 9.80 Å². The monoisotopic (exact) mass is 633 g/mol. The third-order valence-electron chi connectivity index (χ3n) is 9.38. The average molecular weight is 634 g/mol. The Kier molecular flexibility index (Phi) is 7.21. The number of para-hydroxylation sites is 2. The van der Waals surface area contributed by atoms with Crippen LogP contribution >= 0.6 is 0 Å². The van der Waals surface area contributed by atoms with Crippen molar-refractivity contribution in [2.24, 2.45) is 0 Å². The van der Waals surface area contributed by atoms with Gasteiger partial charge in [-0.25, -0.2) is 0 Å². The van der Waals surface area contributed by atoms with Crippen molar-refractivity contribution < 1.29 is 0 Å². The standard InChI is InChI=1S/C44H35N3Si/c1-48(2,3)38-24-22-37(23-25-38)47(36-20-14-31(30-45)15-21-36)42-29-19-33-16-26-39-41(28-18-32-17-27-40(42)44(33)43(32)39)46(34-10-6-4-7-11-34)35-12-8-5-9-13-35/h4-29H,1-3H3. The molecule has 0 radical (unpaired) electrons. The summed E-state index contributed by atoms with van der Waals surface area (Å²) in [6.07, 6.45) is 0. The summed E-state index contributed by atoms with van der Waals surface area (Å²) >= 11 is 0. The third kappa shape index (κ3) is 5.06. The third-order valence-corrected chi connectivity index (χ3v) is 11.4. The topological polar surface area (TPSA) is 30.3 Å². The Morgan fingerprint density at radius 2 is 0.833 bits per heavy atom. The van der Waals surface area contributed by atoms with Gasteiger partial charge in [-0.2, -0.15) is 5.26 Å². The van der Waals surface area contributed by atoms with Crippen LogP contribution < -0.4 is 15.0 Å². The molecule has 0 bridgehead atoms. The van der Waals surface area contributed by atoms with E-state index in [9.17, 15) is 5.26 Å². The Bertz CT molecular complexity index is 2380. The van der Waals surface area contributed by atoms with Crippen LogP contribution in [0.3, 0.4) is 0 Å². The maximum absolute atomic E-state index is 9.55. The first-order valence-electron chi connectivity index (χ1n) is 16.4. The first kappa shape index (κ1) is 29.5. The molecule has 3 nitrogen and oxygen atoms in total. The van der Waals surface area contributed by atoms with Gasteiger partial charge in [0.2, 0.25) is 0 Å². The van der Waals surface area contributed by atoms with Gasteiger partial charge in [-0.1, -0.05) is 110 Å². The van der Waals surface area contributed by atoms with Gasteiger partial charge in [0, 0.05) is 33.5 Å². The zero-order valence-corrected chi connectivity index (χ0v) is 28.4. The van der Waals surface area contributed by atoms with Crippen LogP contribution in [-0.4, -0.2) is 8.07 Å². The van der Waals surface area contributed by atoms with Crippen molar-refractivity contribution in [1.82, 2.24) is 0 Å². The van der Waals surface area contributed by atoms with E-state index < -0.39 is 8.07 Å². The zero-order chi connectivity index (χ0) is 32.8. The van der Waals surface area contributed by atoms with Crippen LogP contribution in [0.2, 0.25) is 19.6 Å². The summed E-state index contributed by atoms with van der Waals surface area (Å²) in [5.74, 6) is 0. The quantitative estimate of drug-likeness (QED) is 0.129. The highest BCUT2D eigenvalue weighted by atomic mass is 28.3. The minimum Gasteiger partial charge on any atom is -0.310 e. The fourth-order valence-electron chi connectivity index (χ4n) is 6.96. The van der Waals surface area contributed by atoms with Crippen LogP contribution in [0.4, 0.5) is 34.1 Å². The molecule has 0 N–H and O–H groups in total. The number of hydrogen-bond acceptors (Lipinski definition) is 3. The molecular weight excluding hydrogens is 599 g/mol. The Labute approximate surface area is 282 Å². The second-order valence-corrected chi connectivity index (χ2v) is 18.5. The first-order valence-corrected chi connectivity index (χ1v) is 19.9. The molecule has 0 aromatic heterocycles. The van der Waals surface area contributed by atoms with E-state index in [2.05, 4.69) is 181 Å². The molecule has 0 atom stereocenters. The summed E-state index contributed by atoms with van der Waals surface area (Å²) in [7, 11) is -1.47. The number of hydrogen-bond donors (Lipinski definition) is 0. The van der Waals surface area contributed by atoms with Crippen molar-refractivity contribution in [2.75, 3.05) is 9.80 Å². The molecule has 0 aliphatic heterocycles. The van der Waals surface area contributed by atoms with Gasteiger partial charge in [-0.3, -0.25) is 0 Å². The second kappa shape index (κ2) is 11.7. The molecule has 0 spiro atoms. The SMILES string of the molecule is C[Si](C)(C)c1ccc(N(c2ccc(C#N)cc2)c2ccc3ccc4c(N(c5ccccc5)c5ccccc5)ccc5ccc2c3c54)cc1. The Hall–Kier alpha value is -5.89. The highest BCUT2D eigenvalue weighted by molar-refractivity contribution is 6.88. The number of benzene rings is 8. The van der Waals surface area contributed by atoms with E-state index in [-0.39, 0.29) is 0 Å². The lowest BCUT2D eigenvalue weighted by Crippen LogP contribution is -2.37. The van der Waals surface area contributed by atoms with E-state index in [0.717, 1.165) is 34.1 Å². The van der Waals surface area contributed by atoms with Crippen molar-refractivity contribution in [3.8, 4) is 6.07 Å². The first-order chi connectivity index (χ1) is 23.4. The molecule has 0 aliphatic carbocycles. The largest absolute Gasteiger partial charge is 0.310 e. The van der Waals surface area contributed by atoms with Crippen molar-refractivity contribution in [3.05, 3.63) is 163 Å². The predicted octanol–water partition coefficient (Wildman–Crippen LogP) is 11.9. The average Bonchev–Trinajstić information content (AvgIpc) is 3.13. The molecule has 0 unspecified atom stereocenters. The van der Waals surface area contributed by atoms with E-state index in [0.29, 0.717) is 5.56 Å². The molecule has 230 valence electrons. The molecule has 0 heterocycles. The van der Waals surface area contributed by atoms with Crippen molar-refractivity contribution in [1.29, 1.82) is 5.26 Å². The van der Waals surface area contributed by atoms with E-state index in [4.69, 9.17) is 0 Å². The maximum Gasteiger partial charge on any atom is 0.0991 e. The molecule has 8 aromatic carbocycles. The van der Waals surface area contributed by atoms with Crippen LogP contribution in [0.25, 0.3) is 32.3 Å². The second-order valence-electron chi connectivity index (χ2n) is 13.4. The Balaban J connectivity index is 1.38. The molecule has 8 rings (SSSR count). The van der Waals surface area contributed by atoms with Crippen LogP contribution in [0.15, 0.2) is 158 Å². The van der Waals surface area contributed by atoms with E-state index in [1.54, 1.807) is 0 Å². The van der Waals surface area contributed by atoms with E-state index in [1.807, 2.05) is 12.1 Å². The fourth-order valence-corrected chi connectivity index (χ4v) is 8.13. The summed E-state index contributed by atoms with van der Waals surface area (Å²) in [5, 5.41) is 18.3. The number of rotatable bonds is 7. The number of anilines is 6. The Morgan fingerprint density at radius 1 is 0.438 bits per heavy atom. The fraction of sp³-hybridized carbons (Fsp3) is 0.0682. The normalized spacial score (nSPS) is 11.6. The molecular formula is C44H35N3Si. The highest BCUT2D eigenvalue weighted by Crippen LogP contribution is 2.47. The zero-order valence-electron chi connectivity index (χ0n) is 27.4. The maximum atomic E-state index is 9.55. The molecule has 8 aromatic rings. The van der Waals surface area contributed by atoms with Crippen molar-refractivity contribution in [3.63, 3.8) is 0 Å². The molecule has 4 heteroatoms. The summed E-state index contributed by atoms with van der Waals surface area (Å²) < 4.78 is 0. The molecule has 48 heavy (non-hydrogen) atoms. The van der Waals surface area contributed by atoms with Gasteiger partial charge in [0.05, 0.1) is 31.1 Å². The summed E-state index contributed by atoms with van der Waals surface area (Å²) in [4.78, 5) is 4.69. The lowest BCUT2D eigenvalue weighted by molar-refractivity contribution is 1.30. The molecule has 0 saturated heterocycles. The van der Waals surface area contributed by atoms with Gasteiger partial charge in [0.25, 0.3) is 0 Å². The highest BCUT2D eigenvalue weighted by Gasteiger charge is 2.22. The number of nitriles is 1. The predicted molar refractivity (Wildman–Crippen MR) is 207 cm³/mol. The van der Waals surface area contributed by atoms with Gasteiger partial charge in [-0.15, -0.1) is 0 Å². The smallest absolute Gasteiger partial charge is 0.0991 e. The van der Waals surface area contributed by atoms with Gasteiger partial charge >= 0.3 is 0 Å². The molecule has 0 amide bonds.